The Hall–Kier alpha value is -0.970. The molecule has 0 spiro atoms. The van der Waals surface area contributed by atoms with Crippen molar-refractivity contribution in [3.8, 4) is 0 Å². The number of nitrogens with one attached hydrogen (secondary N) is 2. The second-order valence-electron chi connectivity index (χ2n) is 3.67. The predicted molar refractivity (Wildman–Crippen MR) is 62.9 cm³/mol. The first-order valence-corrected chi connectivity index (χ1v) is 5.67. The number of anilines is 1. The molecule has 0 aliphatic heterocycles. The van der Waals surface area contributed by atoms with E-state index in [-0.39, 0.29) is 6.03 Å². The lowest BCUT2D eigenvalue weighted by Gasteiger charge is -2.06. The quantitative estimate of drug-likeness (QED) is 0.886. The van der Waals surface area contributed by atoms with Gasteiger partial charge in [-0.2, -0.15) is 0 Å². The molecule has 0 unspecified atom stereocenters. The molecule has 0 aliphatic carbocycles. The van der Waals surface area contributed by atoms with Crippen LogP contribution in [0.3, 0.4) is 0 Å². The zero-order chi connectivity index (χ0) is 11.3. The molecule has 2 amide bonds. The second-order valence-corrected chi connectivity index (χ2v) is 4.45. The third kappa shape index (κ3) is 4.88. The fourth-order valence-electron chi connectivity index (χ4n) is 1.01. The summed E-state index contributed by atoms with van der Waals surface area (Å²) in [5.41, 5.74) is 0. The zero-order valence-corrected chi connectivity index (χ0v) is 10.4. The number of carbonyl (C=O) groups is 1. The van der Waals surface area contributed by atoms with E-state index in [9.17, 15) is 4.79 Å². The Morgan fingerprint density at radius 2 is 2.27 bits per heavy atom. The molecular weight excluding hydrogens is 260 g/mol. The number of hydrogen-bond donors (Lipinski definition) is 2. The van der Waals surface area contributed by atoms with Crippen molar-refractivity contribution in [1.82, 2.24) is 5.32 Å². The van der Waals surface area contributed by atoms with Gasteiger partial charge in [-0.05, 0) is 34.3 Å². The summed E-state index contributed by atoms with van der Waals surface area (Å²) in [6, 6.07) is 3.17. The Bertz CT molecular complexity index is 323. The summed E-state index contributed by atoms with van der Waals surface area (Å²) in [5, 5.41) is 5.34. The third-order valence-corrected chi connectivity index (χ3v) is 2.24. The summed E-state index contributed by atoms with van der Waals surface area (Å²) in [5.74, 6) is 1.02. The van der Waals surface area contributed by atoms with E-state index >= 15 is 0 Å². The molecule has 0 aliphatic rings. The lowest BCUT2D eigenvalue weighted by Crippen LogP contribution is -2.29. The third-order valence-electron chi connectivity index (χ3n) is 1.82. The summed E-state index contributed by atoms with van der Waals surface area (Å²) in [6.07, 6.45) is 0.968. The van der Waals surface area contributed by atoms with Gasteiger partial charge in [0.2, 0.25) is 5.88 Å². The van der Waals surface area contributed by atoms with Crippen LogP contribution in [-0.4, -0.2) is 12.6 Å². The monoisotopic (exact) mass is 274 g/mol. The summed E-state index contributed by atoms with van der Waals surface area (Å²) in [7, 11) is 0. The van der Waals surface area contributed by atoms with Crippen LogP contribution in [0, 0.1) is 5.92 Å². The minimum atomic E-state index is -0.238. The maximum absolute atomic E-state index is 11.3. The van der Waals surface area contributed by atoms with Crippen LogP contribution < -0.4 is 10.6 Å². The van der Waals surface area contributed by atoms with Crippen molar-refractivity contribution in [1.29, 1.82) is 0 Å². The van der Waals surface area contributed by atoms with Gasteiger partial charge in [-0.25, -0.2) is 4.79 Å². The SMILES string of the molecule is CC(C)CCNC(=O)Nc1ccc(Br)o1. The first-order valence-electron chi connectivity index (χ1n) is 4.88. The van der Waals surface area contributed by atoms with Crippen LogP contribution in [0.4, 0.5) is 10.7 Å². The van der Waals surface area contributed by atoms with E-state index in [0.29, 0.717) is 23.0 Å². The van der Waals surface area contributed by atoms with Crippen molar-refractivity contribution < 1.29 is 9.21 Å². The van der Waals surface area contributed by atoms with Crippen molar-refractivity contribution in [2.24, 2.45) is 5.92 Å². The van der Waals surface area contributed by atoms with Crippen LogP contribution in [0.15, 0.2) is 21.2 Å². The summed E-state index contributed by atoms with van der Waals surface area (Å²) in [6.45, 7) is 4.90. The maximum Gasteiger partial charge on any atom is 0.321 e. The number of hydrogen-bond acceptors (Lipinski definition) is 2. The van der Waals surface area contributed by atoms with Crippen LogP contribution in [0.2, 0.25) is 0 Å². The molecule has 1 heterocycles. The van der Waals surface area contributed by atoms with Gasteiger partial charge in [-0.3, -0.25) is 5.32 Å². The largest absolute Gasteiger partial charge is 0.434 e. The van der Waals surface area contributed by atoms with E-state index in [1.807, 2.05) is 0 Å². The molecular formula is C10H15BrN2O2. The van der Waals surface area contributed by atoms with Crippen molar-refractivity contribution in [3.63, 3.8) is 0 Å². The van der Waals surface area contributed by atoms with E-state index in [4.69, 9.17) is 4.42 Å². The Balaban J connectivity index is 2.24. The first kappa shape index (κ1) is 12.1. The van der Waals surface area contributed by atoms with Gasteiger partial charge in [0.15, 0.2) is 4.67 Å². The molecule has 0 radical (unpaired) electrons. The van der Waals surface area contributed by atoms with Crippen molar-refractivity contribution in [2.75, 3.05) is 11.9 Å². The van der Waals surface area contributed by atoms with Gasteiger partial charge in [0.1, 0.15) is 0 Å². The highest BCUT2D eigenvalue weighted by Crippen LogP contribution is 2.17. The van der Waals surface area contributed by atoms with E-state index in [1.54, 1.807) is 12.1 Å². The highest BCUT2D eigenvalue weighted by atomic mass is 79.9. The Morgan fingerprint density at radius 1 is 1.53 bits per heavy atom. The van der Waals surface area contributed by atoms with Crippen LogP contribution in [0.5, 0.6) is 0 Å². The number of urea groups is 1. The van der Waals surface area contributed by atoms with Crippen molar-refractivity contribution >= 4 is 27.8 Å². The maximum atomic E-state index is 11.3. The molecule has 0 saturated heterocycles. The van der Waals surface area contributed by atoms with E-state index in [2.05, 4.69) is 40.4 Å². The minimum absolute atomic E-state index is 0.238. The average Bonchev–Trinajstić information content (AvgIpc) is 2.50. The van der Waals surface area contributed by atoms with Gasteiger partial charge >= 0.3 is 6.03 Å². The Kier molecular flexibility index (Phi) is 4.68. The first-order chi connectivity index (χ1) is 7.08. The van der Waals surface area contributed by atoms with Crippen molar-refractivity contribution in [2.45, 2.75) is 20.3 Å². The van der Waals surface area contributed by atoms with Gasteiger partial charge in [0.05, 0.1) is 0 Å². The Labute approximate surface area is 97.5 Å². The fraction of sp³-hybridized carbons (Fsp3) is 0.500. The van der Waals surface area contributed by atoms with Crippen LogP contribution in [-0.2, 0) is 0 Å². The van der Waals surface area contributed by atoms with Crippen molar-refractivity contribution in [3.05, 3.63) is 16.8 Å². The van der Waals surface area contributed by atoms with Crippen LogP contribution in [0.25, 0.3) is 0 Å². The smallest absolute Gasteiger partial charge is 0.321 e. The summed E-state index contributed by atoms with van der Waals surface area (Å²) >= 11 is 3.16. The van der Waals surface area contributed by atoms with Gasteiger partial charge in [0, 0.05) is 12.6 Å². The molecule has 0 saturated carbocycles. The highest BCUT2D eigenvalue weighted by molar-refractivity contribution is 9.10. The van der Waals surface area contributed by atoms with Crippen LogP contribution >= 0.6 is 15.9 Å². The standard InChI is InChI=1S/C10H15BrN2O2/c1-7(2)5-6-12-10(14)13-9-4-3-8(11)15-9/h3-4,7H,5-6H2,1-2H3,(H2,12,13,14). The topological polar surface area (TPSA) is 54.3 Å². The van der Waals surface area contributed by atoms with Gasteiger partial charge in [-0.15, -0.1) is 0 Å². The molecule has 2 N–H and O–H groups in total. The molecule has 0 bridgehead atoms. The van der Waals surface area contributed by atoms with Gasteiger partial charge in [-0.1, -0.05) is 13.8 Å². The molecule has 0 fully saturated rings. The number of halogens is 1. The summed E-state index contributed by atoms with van der Waals surface area (Å²) in [4.78, 5) is 11.3. The second kappa shape index (κ2) is 5.80. The molecule has 1 rings (SSSR count). The average molecular weight is 275 g/mol. The minimum Gasteiger partial charge on any atom is -0.434 e. The highest BCUT2D eigenvalue weighted by Gasteiger charge is 2.04. The number of rotatable bonds is 4. The molecule has 15 heavy (non-hydrogen) atoms. The molecule has 0 atom stereocenters. The fourth-order valence-corrected chi connectivity index (χ4v) is 1.32. The normalized spacial score (nSPS) is 10.4. The molecule has 0 aromatic carbocycles. The molecule has 84 valence electrons. The number of amides is 2. The van der Waals surface area contributed by atoms with Gasteiger partial charge < -0.3 is 9.73 Å². The molecule has 1 aromatic rings. The van der Waals surface area contributed by atoms with E-state index < -0.39 is 0 Å². The molecule has 1 aromatic heterocycles. The van der Waals surface area contributed by atoms with E-state index in [0.717, 1.165) is 6.42 Å². The molecule has 5 heteroatoms. The predicted octanol–water partition coefficient (Wildman–Crippen LogP) is 3.21. The van der Waals surface area contributed by atoms with E-state index in [1.165, 1.54) is 0 Å². The Morgan fingerprint density at radius 3 is 2.80 bits per heavy atom. The zero-order valence-electron chi connectivity index (χ0n) is 8.84. The lowest BCUT2D eigenvalue weighted by atomic mass is 10.1. The van der Waals surface area contributed by atoms with Gasteiger partial charge in [0.25, 0.3) is 0 Å². The summed E-state index contributed by atoms with van der Waals surface area (Å²) < 4.78 is 5.72. The number of carbonyl (C=O) groups excluding carboxylic acids is 1. The number of furan rings is 1. The molecule has 4 nitrogen and oxygen atoms in total. The lowest BCUT2D eigenvalue weighted by molar-refractivity contribution is 0.251. The van der Waals surface area contributed by atoms with Crippen LogP contribution in [0.1, 0.15) is 20.3 Å².